The standard InChI is InChI=1S/C33H38F2O3/c1-3-36-29-15-13-24(14-16-29)23-7-9-25(10-8-23)27-12-11-26-19-22(5-6-28(26)20-27)21-38-31-18-17-30(37-4-2)32(34)33(31)35/h7-10,13-18,22,26-28H,3-6,11-12,19-21H2,1-2H3. The summed E-state index contributed by atoms with van der Waals surface area (Å²) in [6.45, 7) is 5.14. The molecule has 38 heavy (non-hydrogen) atoms. The minimum absolute atomic E-state index is 0.0227. The molecule has 0 spiro atoms. The van der Waals surface area contributed by atoms with Gasteiger partial charge < -0.3 is 14.2 Å². The van der Waals surface area contributed by atoms with Crippen LogP contribution < -0.4 is 14.2 Å². The van der Waals surface area contributed by atoms with E-state index in [-0.39, 0.29) is 18.1 Å². The Kier molecular flexibility index (Phi) is 8.51. The van der Waals surface area contributed by atoms with Gasteiger partial charge in [0.1, 0.15) is 5.75 Å². The lowest BCUT2D eigenvalue weighted by molar-refractivity contribution is 0.0901. The highest BCUT2D eigenvalue weighted by molar-refractivity contribution is 5.64. The Morgan fingerprint density at radius 3 is 1.87 bits per heavy atom. The van der Waals surface area contributed by atoms with Gasteiger partial charge in [0, 0.05) is 0 Å². The number of hydrogen-bond donors (Lipinski definition) is 0. The highest BCUT2D eigenvalue weighted by Crippen LogP contribution is 2.48. The van der Waals surface area contributed by atoms with Gasteiger partial charge in [0.15, 0.2) is 11.5 Å². The normalized spacial score (nSPS) is 22.9. The van der Waals surface area contributed by atoms with Crippen molar-refractivity contribution < 1.29 is 23.0 Å². The molecule has 0 amide bonds. The van der Waals surface area contributed by atoms with Gasteiger partial charge in [0.05, 0.1) is 19.8 Å². The van der Waals surface area contributed by atoms with Gasteiger partial charge in [0.2, 0.25) is 11.6 Å². The largest absolute Gasteiger partial charge is 0.494 e. The van der Waals surface area contributed by atoms with Crippen LogP contribution in [0.2, 0.25) is 0 Å². The van der Waals surface area contributed by atoms with Gasteiger partial charge in [-0.3, -0.25) is 0 Å². The Morgan fingerprint density at radius 2 is 1.21 bits per heavy atom. The zero-order valence-electron chi connectivity index (χ0n) is 22.4. The second-order valence-corrected chi connectivity index (χ2v) is 10.7. The van der Waals surface area contributed by atoms with Crippen LogP contribution in [0.3, 0.4) is 0 Å². The van der Waals surface area contributed by atoms with Crippen LogP contribution in [0.5, 0.6) is 17.2 Å². The molecule has 0 aromatic heterocycles. The number of ether oxygens (including phenoxy) is 3. The Morgan fingerprint density at radius 1 is 0.632 bits per heavy atom. The fourth-order valence-corrected chi connectivity index (χ4v) is 6.40. The fourth-order valence-electron chi connectivity index (χ4n) is 6.40. The molecular weight excluding hydrogens is 482 g/mol. The molecule has 0 aliphatic heterocycles. The fraction of sp³-hybridized carbons (Fsp3) is 0.455. The van der Waals surface area contributed by atoms with Crippen molar-refractivity contribution in [1.29, 1.82) is 0 Å². The number of fused-ring (bicyclic) bond motifs is 1. The van der Waals surface area contributed by atoms with Crippen molar-refractivity contribution in [3.05, 3.63) is 77.9 Å². The van der Waals surface area contributed by atoms with Crippen molar-refractivity contribution in [2.45, 2.75) is 58.3 Å². The lowest BCUT2D eigenvalue weighted by Gasteiger charge is -2.42. The molecular formula is C33H38F2O3. The van der Waals surface area contributed by atoms with E-state index < -0.39 is 11.6 Å². The highest BCUT2D eigenvalue weighted by Gasteiger charge is 2.36. The topological polar surface area (TPSA) is 27.7 Å². The van der Waals surface area contributed by atoms with E-state index in [4.69, 9.17) is 14.2 Å². The summed E-state index contributed by atoms with van der Waals surface area (Å²) in [5.74, 6) is 1.30. The minimum Gasteiger partial charge on any atom is -0.494 e. The quantitative estimate of drug-likeness (QED) is 0.282. The molecule has 0 radical (unpaired) electrons. The molecule has 5 rings (SSSR count). The van der Waals surface area contributed by atoms with Crippen molar-refractivity contribution in [2.75, 3.05) is 19.8 Å². The maximum atomic E-state index is 14.4. The average molecular weight is 521 g/mol. The molecule has 202 valence electrons. The van der Waals surface area contributed by atoms with Gasteiger partial charge in [-0.2, -0.15) is 8.78 Å². The van der Waals surface area contributed by atoms with Crippen LogP contribution in [0.4, 0.5) is 8.78 Å². The number of hydrogen-bond acceptors (Lipinski definition) is 3. The van der Waals surface area contributed by atoms with E-state index in [1.54, 1.807) is 6.92 Å². The van der Waals surface area contributed by atoms with Crippen LogP contribution >= 0.6 is 0 Å². The zero-order chi connectivity index (χ0) is 26.5. The summed E-state index contributed by atoms with van der Waals surface area (Å²) in [6, 6.07) is 20.3. The van der Waals surface area contributed by atoms with Gasteiger partial charge in [-0.15, -0.1) is 0 Å². The van der Waals surface area contributed by atoms with Crippen molar-refractivity contribution in [3.63, 3.8) is 0 Å². The summed E-state index contributed by atoms with van der Waals surface area (Å²) in [5.41, 5.74) is 3.88. The SMILES string of the molecule is CCOc1ccc(-c2ccc(C3CCC4CC(COc5ccc(OCC)c(F)c5F)CCC4C3)cc2)cc1. The lowest BCUT2D eigenvalue weighted by Crippen LogP contribution is -2.32. The van der Waals surface area contributed by atoms with Crippen LogP contribution in [0.1, 0.15) is 63.9 Å². The van der Waals surface area contributed by atoms with E-state index in [2.05, 4.69) is 36.4 Å². The summed E-state index contributed by atoms with van der Waals surface area (Å²) in [4.78, 5) is 0. The maximum Gasteiger partial charge on any atom is 0.204 e. The molecule has 2 fully saturated rings. The molecule has 2 aliphatic rings. The van der Waals surface area contributed by atoms with Crippen LogP contribution in [0.25, 0.3) is 11.1 Å². The van der Waals surface area contributed by atoms with E-state index in [0.29, 0.717) is 31.0 Å². The Bertz CT molecular complexity index is 1190. The molecule has 2 saturated carbocycles. The van der Waals surface area contributed by atoms with Crippen molar-refractivity contribution in [2.24, 2.45) is 17.8 Å². The Hall–Kier alpha value is -3.08. The molecule has 0 saturated heterocycles. The lowest BCUT2D eigenvalue weighted by atomic mass is 9.64. The van der Waals surface area contributed by atoms with Crippen LogP contribution in [-0.2, 0) is 0 Å². The van der Waals surface area contributed by atoms with Gasteiger partial charge in [0.25, 0.3) is 0 Å². The van der Waals surface area contributed by atoms with Crippen molar-refractivity contribution >= 4 is 0 Å². The number of benzene rings is 3. The van der Waals surface area contributed by atoms with Crippen LogP contribution in [0.15, 0.2) is 60.7 Å². The van der Waals surface area contributed by atoms with Gasteiger partial charge in [-0.1, -0.05) is 36.4 Å². The summed E-state index contributed by atoms with van der Waals surface area (Å²) < 4.78 is 45.0. The third-order valence-electron chi connectivity index (χ3n) is 8.39. The third-order valence-corrected chi connectivity index (χ3v) is 8.39. The molecule has 0 heterocycles. The Balaban J connectivity index is 1.13. The first-order valence-corrected chi connectivity index (χ1v) is 14.1. The predicted octanol–water partition coefficient (Wildman–Crippen LogP) is 8.81. The van der Waals surface area contributed by atoms with E-state index in [1.165, 1.54) is 54.5 Å². The van der Waals surface area contributed by atoms with Crippen molar-refractivity contribution in [3.8, 4) is 28.4 Å². The second kappa shape index (κ2) is 12.2. The maximum absolute atomic E-state index is 14.4. The molecule has 3 nitrogen and oxygen atoms in total. The van der Waals surface area contributed by atoms with Crippen molar-refractivity contribution in [1.82, 2.24) is 0 Å². The van der Waals surface area contributed by atoms with Crippen LogP contribution in [-0.4, -0.2) is 19.8 Å². The minimum atomic E-state index is -0.973. The number of rotatable bonds is 9. The van der Waals surface area contributed by atoms with E-state index >= 15 is 0 Å². The number of halogens is 2. The first-order chi connectivity index (χ1) is 18.6. The molecule has 3 aromatic rings. The van der Waals surface area contributed by atoms with Gasteiger partial charge in [-0.25, -0.2) is 0 Å². The second-order valence-electron chi connectivity index (χ2n) is 10.7. The molecule has 0 N–H and O–H groups in total. The average Bonchev–Trinajstić information content (AvgIpc) is 2.95. The van der Waals surface area contributed by atoms with E-state index in [9.17, 15) is 8.78 Å². The smallest absolute Gasteiger partial charge is 0.204 e. The zero-order valence-corrected chi connectivity index (χ0v) is 22.4. The first kappa shape index (κ1) is 26.5. The summed E-state index contributed by atoms with van der Waals surface area (Å²) in [7, 11) is 0. The van der Waals surface area contributed by atoms with E-state index in [0.717, 1.165) is 24.5 Å². The highest BCUT2D eigenvalue weighted by atomic mass is 19.2. The predicted molar refractivity (Wildman–Crippen MR) is 147 cm³/mol. The molecule has 0 bridgehead atoms. The molecule has 4 atom stereocenters. The summed E-state index contributed by atoms with van der Waals surface area (Å²) >= 11 is 0. The molecule has 2 aliphatic carbocycles. The van der Waals surface area contributed by atoms with Gasteiger partial charge >= 0.3 is 0 Å². The molecule has 5 heteroatoms. The summed E-state index contributed by atoms with van der Waals surface area (Å²) in [6.07, 6.45) is 7.02. The monoisotopic (exact) mass is 520 g/mol. The first-order valence-electron chi connectivity index (χ1n) is 14.1. The molecule has 4 unspecified atom stereocenters. The Labute approximate surface area is 225 Å². The third kappa shape index (κ3) is 5.98. The van der Waals surface area contributed by atoms with Gasteiger partial charge in [-0.05, 0) is 117 Å². The van der Waals surface area contributed by atoms with Crippen LogP contribution in [0, 0.1) is 29.4 Å². The van der Waals surface area contributed by atoms with E-state index in [1.807, 2.05) is 19.1 Å². The molecule has 3 aromatic carbocycles. The summed E-state index contributed by atoms with van der Waals surface area (Å²) in [5, 5.41) is 0.